The van der Waals surface area contributed by atoms with Crippen molar-refractivity contribution in [2.24, 2.45) is 0 Å². The molecule has 0 unspecified atom stereocenters. The fraction of sp³-hybridized carbons (Fsp3) is 0.133. The molecule has 0 aliphatic rings. The lowest BCUT2D eigenvalue weighted by Crippen LogP contribution is -2.24. The van der Waals surface area contributed by atoms with E-state index in [1.165, 1.54) is 18.5 Å². The predicted octanol–water partition coefficient (Wildman–Crippen LogP) is 0.889. The van der Waals surface area contributed by atoms with Crippen molar-refractivity contribution in [3.63, 3.8) is 0 Å². The van der Waals surface area contributed by atoms with Crippen LogP contribution in [0.2, 0.25) is 0 Å². The lowest BCUT2D eigenvalue weighted by molar-refractivity contribution is 0.0946. The van der Waals surface area contributed by atoms with Gasteiger partial charge in [0, 0.05) is 11.8 Å². The van der Waals surface area contributed by atoms with Crippen LogP contribution in [0.1, 0.15) is 21.6 Å². The van der Waals surface area contributed by atoms with Crippen molar-refractivity contribution in [2.75, 3.05) is 6.61 Å². The van der Waals surface area contributed by atoms with Gasteiger partial charge in [0.1, 0.15) is 18.8 Å². The lowest BCUT2D eigenvalue weighted by Gasteiger charge is -2.06. The van der Waals surface area contributed by atoms with E-state index in [0.717, 1.165) is 6.07 Å². The third kappa shape index (κ3) is 4.09. The first-order valence-corrected chi connectivity index (χ1v) is 6.13. The van der Waals surface area contributed by atoms with Crippen LogP contribution in [0.3, 0.4) is 0 Å². The number of amides is 1. The third-order valence-corrected chi connectivity index (χ3v) is 2.60. The number of hydrogen-bond donors (Lipinski definition) is 2. The molecule has 0 fully saturated rings. The molecule has 5 nitrogen and oxygen atoms in total. The molecule has 0 aliphatic heterocycles. The summed E-state index contributed by atoms with van der Waals surface area (Å²) in [5.74, 6) is 3.78. The number of hydrogen-bond acceptors (Lipinski definition) is 4. The molecule has 0 saturated heterocycles. The van der Waals surface area contributed by atoms with Gasteiger partial charge in [-0.25, -0.2) is 14.4 Å². The van der Waals surface area contributed by atoms with E-state index in [9.17, 15) is 9.18 Å². The van der Waals surface area contributed by atoms with Gasteiger partial charge in [-0.05, 0) is 24.3 Å². The SMILES string of the molecule is O=C(NCc1ccncn1)c1ccc(C#CCO)cc1F. The number of aliphatic hydroxyl groups excluding tert-OH is 1. The van der Waals surface area contributed by atoms with Crippen LogP contribution in [0.25, 0.3) is 0 Å². The summed E-state index contributed by atoms with van der Waals surface area (Å²) < 4.78 is 13.8. The van der Waals surface area contributed by atoms with Crippen LogP contribution in [-0.2, 0) is 6.54 Å². The molecule has 21 heavy (non-hydrogen) atoms. The zero-order chi connectivity index (χ0) is 15.1. The first-order valence-electron chi connectivity index (χ1n) is 6.13. The summed E-state index contributed by atoms with van der Waals surface area (Å²) in [5.41, 5.74) is 0.955. The molecule has 0 spiro atoms. The second-order valence-electron chi connectivity index (χ2n) is 4.04. The molecule has 1 heterocycles. The maximum atomic E-state index is 13.8. The molecule has 106 valence electrons. The van der Waals surface area contributed by atoms with E-state index >= 15 is 0 Å². The Bertz CT molecular complexity index is 693. The van der Waals surface area contributed by atoms with E-state index in [2.05, 4.69) is 27.1 Å². The topological polar surface area (TPSA) is 75.1 Å². The summed E-state index contributed by atoms with van der Waals surface area (Å²) in [6, 6.07) is 5.68. The molecule has 1 aromatic heterocycles. The average Bonchev–Trinajstić information content (AvgIpc) is 2.51. The van der Waals surface area contributed by atoms with Crippen molar-refractivity contribution in [1.29, 1.82) is 0 Å². The minimum Gasteiger partial charge on any atom is -0.384 e. The molecule has 1 amide bonds. The third-order valence-electron chi connectivity index (χ3n) is 2.60. The summed E-state index contributed by atoms with van der Waals surface area (Å²) in [6.45, 7) is -0.115. The van der Waals surface area contributed by atoms with Gasteiger partial charge in [-0.15, -0.1) is 0 Å². The smallest absolute Gasteiger partial charge is 0.254 e. The van der Waals surface area contributed by atoms with E-state index < -0.39 is 11.7 Å². The van der Waals surface area contributed by atoms with Gasteiger partial charge in [0.2, 0.25) is 0 Å². The van der Waals surface area contributed by atoms with Gasteiger partial charge >= 0.3 is 0 Å². The summed E-state index contributed by atoms with van der Waals surface area (Å²) in [6.07, 6.45) is 2.93. The normalized spacial score (nSPS) is 9.62. The van der Waals surface area contributed by atoms with E-state index in [1.54, 1.807) is 12.3 Å². The highest BCUT2D eigenvalue weighted by Crippen LogP contribution is 2.10. The number of halogens is 1. The Morgan fingerprint density at radius 2 is 2.24 bits per heavy atom. The van der Waals surface area contributed by atoms with E-state index in [4.69, 9.17) is 5.11 Å². The van der Waals surface area contributed by atoms with Crippen molar-refractivity contribution < 1.29 is 14.3 Å². The minimum absolute atomic E-state index is 0.0707. The molecular formula is C15H12FN3O2. The molecule has 2 N–H and O–H groups in total. The van der Waals surface area contributed by atoms with E-state index in [1.807, 2.05) is 0 Å². The van der Waals surface area contributed by atoms with Gasteiger partial charge < -0.3 is 10.4 Å². The van der Waals surface area contributed by atoms with Crippen LogP contribution in [-0.4, -0.2) is 27.6 Å². The van der Waals surface area contributed by atoms with E-state index in [0.29, 0.717) is 11.3 Å². The maximum absolute atomic E-state index is 13.8. The quantitative estimate of drug-likeness (QED) is 0.821. The largest absolute Gasteiger partial charge is 0.384 e. The predicted molar refractivity (Wildman–Crippen MR) is 73.6 cm³/mol. The zero-order valence-corrected chi connectivity index (χ0v) is 11.0. The van der Waals surface area contributed by atoms with Crippen LogP contribution < -0.4 is 5.32 Å². The Hall–Kier alpha value is -2.78. The minimum atomic E-state index is -0.667. The summed E-state index contributed by atoms with van der Waals surface area (Å²) in [5, 5.41) is 11.1. The molecule has 6 heteroatoms. The van der Waals surface area contributed by atoms with Crippen LogP contribution >= 0.6 is 0 Å². The average molecular weight is 285 g/mol. The Morgan fingerprint density at radius 1 is 1.38 bits per heavy atom. The van der Waals surface area contributed by atoms with Gasteiger partial charge in [0.25, 0.3) is 5.91 Å². The number of benzene rings is 1. The first kappa shape index (κ1) is 14.6. The van der Waals surface area contributed by atoms with Gasteiger partial charge in [-0.3, -0.25) is 4.79 Å². The zero-order valence-electron chi connectivity index (χ0n) is 11.0. The summed E-state index contributed by atoms with van der Waals surface area (Å²) in [7, 11) is 0. The van der Waals surface area contributed by atoms with Crippen molar-refractivity contribution >= 4 is 5.91 Å². The summed E-state index contributed by atoms with van der Waals surface area (Å²) >= 11 is 0. The molecular weight excluding hydrogens is 273 g/mol. The number of carbonyl (C=O) groups excluding carboxylic acids is 1. The Morgan fingerprint density at radius 3 is 2.90 bits per heavy atom. The number of rotatable bonds is 3. The van der Waals surface area contributed by atoms with Crippen molar-refractivity contribution in [3.8, 4) is 11.8 Å². The van der Waals surface area contributed by atoms with Crippen LogP contribution in [0, 0.1) is 17.7 Å². The molecule has 2 rings (SSSR count). The monoisotopic (exact) mass is 285 g/mol. The standard InChI is InChI=1S/C15H12FN3O2/c16-14-8-11(2-1-7-20)3-4-13(14)15(21)18-9-12-5-6-17-10-19-12/h3-6,8,10,20H,7,9H2,(H,18,21). The van der Waals surface area contributed by atoms with Gasteiger partial charge in [0.05, 0.1) is 17.8 Å². The maximum Gasteiger partial charge on any atom is 0.254 e. The Balaban J connectivity index is 2.05. The van der Waals surface area contributed by atoms with Gasteiger partial charge in [-0.2, -0.15) is 0 Å². The number of nitrogens with one attached hydrogen (secondary N) is 1. The second kappa shape index (κ2) is 7.12. The second-order valence-corrected chi connectivity index (χ2v) is 4.04. The lowest BCUT2D eigenvalue weighted by atomic mass is 10.1. The molecule has 2 aromatic rings. The Kier molecular flexibility index (Phi) is 4.96. The highest BCUT2D eigenvalue weighted by Gasteiger charge is 2.11. The number of carbonyl (C=O) groups is 1. The molecule has 0 bridgehead atoms. The molecule has 0 radical (unpaired) electrons. The fourth-order valence-electron chi connectivity index (χ4n) is 1.61. The van der Waals surface area contributed by atoms with E-state index in [-0.39, 0.29) is 18.7 Å². The highest BCUT2D eigenvalue weighted by atomic mass is 19.1. The van der Waals surface area contributed by atoms with Crippen molar-refractivity contribution in [1.82, 2.24) is 15.3 Å². The van der Waals surface area contributed by atoms with Crippen LogP contribution in [0.15, 0.2) is 36.8 Å². The molecule has 1 aromatic carbocycles. The molecule has 0 aliphatic carbocycles. The molecule has 0 atom stereocenters. The van der Waals surface area contributed by atoms with Crippen LogP contribution in [0.5, 0.6) is 0 Å². The number of aromatic nitrogens is 2. The van der Waals surface area contributed by atoms with Gasteiger partial charge in [-0.1, -0.05) is 11.8 Å². The van der Waals surface area contributed by atoms with Crippen molar-refractivity contribution in [3.05, 3.63) is 59.4 Å². The molecule has 0 saturated carbocycles. The fourth-order valence-corrected chi connectivity index (χ4v) is 1.61. The van der Waals surface area contributed by atoms with Gasteiger partial charge in [0.15, 0.2) is 0 Å². The first-order chi connectivity index (χ1) is 10.2. The number of nitrogens with zero attached hydrogens (tertiary/aromatic N) is 2. The van der Waals surface area contributed by atoms with Crippen molar-refractivity contribution in [2.45, 2.75) is 6.54 Å². The highest BCUT2D eigenvalue weighted by molar-refractivity contribution is 5.94. The van der Waals surface area contributed by atoms with Crippen LogP contribution in [0.4, 0.5) is 4.39 Å². The summed E-state index contributed by atoms with van der Waals surface area (Å²) in [4.78, 5) is 19.6. The number of aliphatic hydroxyl groups is 1. The Labute approximate surface area is 120 Å².